The molecule has 0 saturated heterocycles. The second-order valence-corrected chi connectivity index (χ2v) is 5.89. The van der Waals surface area contributed by atoms with Gasteiger partial charge in [0.1, 0.15) is 5.75 Å². The van der Waals surface area contributed by atoms with Crippen LogP contribution in [0.25, 0.3) is 0 Å². The molecule has 4 nitrogen and oxygen atoms in total. The number of hydrogen-bond acceptors (Lipinski definition) is 4. The lowest BCUT2D eigenvalue weighted by molar-refractivity contribution is -0.0558. The molecule has 114 valence electrons. The van der Waals surface area contributed by atoms with E-state index in [9.17, 15) is 0 Å². The largest absolute Gasteiger partial charge is 0.497 e. The molecule has 0 aliphatic carbocycles. The maximum absolute atomic E-state index is 6.02. The van der Waals surface area contributed by atoms with Gasteiger partial charge in [0.15, 0.2) is 0 Å². The van der Waals surface area contributed by atoms with Crippen LogP contribution >= 0.6 is 0 Å². The Kier molecular flexibility index (Phi) is 6.46. The highest BCUT2D eigenvalue weighted by Gasteiger charge is 2.18. The van der Waals surface area contributed by atoms with Gasteiger partial charge < -0.3 is 19.9 Å². The lowest BCUT2D eigenvalue weighted by Gasteiger charge is -2.24. The summed E-state index contributed by atoms with van der Waals surface area (Å²) in [7, 11) is 1.65. The van der Waals surface area contributed by atoms with Crippen molar-refractivity contribution in [1.29, 1.82) is 0 Å². The van der Waals surface area contributed by atoms with Crippen molar-refractivity contribution in [1.82, 2.24) is 0 Å². The van der Waals surface area contributed by atoms with E-state index in [0.29, 0.717) is 13.2 Å². The first-order chi connectivity index (χ1) is 9.33. The summed E-state index contributed by atoms with van der Waals surface area (Å²) in [4.78, 5) is 0. The van der Waals surface area contributed by atoms with Crippen LogP contribution in [0.2, 0.25) is 0 Å². The fourth-order valence-corrected chi connectivity index (χ4v) is 1.89. The molecule has 2 N–H and O–H groups in total. The standard InChI is InChI=1S/C16H27NO3/c1-12(17)15(19-9-10-20-16(2,3)4)13-7-6-8-14(11-13)18-5/h6-8,11-12,15H,9-10,17H2,1-5H3. The number of ether oxygens (including phenoxy) is 3. The molecule has 0 amide bonds. The molecule has 0 fully saturated rings. The van der Waals surface area contributed by atoms with E-state index in [1.165, 1.54) is 0 Å². The second-order valence-electron chi connectivity index (χ2n) is 5.89. The molecule has 1 rings (SSSR count). The fourth-order valence-electron chi connectivity index (χ4n) is 1.89. The third-order valence-corrected chi connectivity index (χ3v) is 2.82. The Hall–Kier alpha value is -1.10. The second kappa shape index (κ2) is 7.62. The Morgan fingerprint density at radius 2 is 1.90 bits per heavy atom. The lowest BCUT2D eigenvalue weighted by Crippen LogP contribution is -2.29. The van der Waals surface area contributed by atoms with Crippen molar-refractivity contribution in [3.63, 3.8) is 0 Å². The summed E-state index contributed by atoms with van der Waals surface area (Å²) in [6.45, 7) is 9.08. The van der Waals surface area contributed by atoms with Crippen LogP contribution in [0.15, 0.2) is 24.3 Å². The van der Waals surface area contributed by atoms with Gasteiger partial charge in [0.05, 0.1) is 32.0 Å². The van der Waals surface area contributed by atoms with E-state index < -0.39 is 0 Å². The molecular weight excluding hydrogens is 254 g/mol. The molecule has 2 atom stereocenters. The van der Waals surface area contributed by atoms with Gasteiger partial charge in [-0.25, -0.2) is 0 Å². The number of nitrogens with two attached hydrogens (primary N) is 1. The molecule has 0 bridgehead atoms. The van der Waals surface area contributed by atoms with Gasteiger partial charge in [-0.2, -0.15) is 0 Å². The average molecular weight is 281 g/mol. The Bertz CT molecular complexity index is 399. The number of benzene rings is 1. The highest BCUT2D eigenvalue weighted by atomic mass is 16.5. The van der Waals surface area contributed by atoms with Crippen LogP contribution in [0.1, 0.15) is 39.4 Å². The summed E-state index contributed by atoms with van der Waals surface area (Å²) in [5.41, 5.74) is 6.90. The zero-order valence-corrected chi connectivity index (χ0v) is 13.2. The van der Waals surface area contributed by atoms with Crippen LogP contribution in [0.4, 0.5) is 0 Å². The summed E-state index contributed by atoms with van der Waals surface area (Å²) in [5.74, 6) is 0.808. The number of hydrogen-bond donors (Lipinski definition) is 1. The first kappa shape index (κ1) is 17.0. The van der Waals surface area contributed by atoms with Crippen molar-refractivity contribution in [2.75, 3.05) is 20.3 Å². The van der Waals surface area contributed by atoms with Crippen LogP contribution < -0.4 is 10.5 Å². The van der Waals surface area contributed by atoms with Crippen LogP contribution in [0, 0.1) is 0 Å². The third-order valence-electron chi connectivity index (χ3n) is 2.82. The molecule has 1 aromatic carbocycles. The van der Waals surface area contributed by atoms with Crippen LogP contribution in [0.5, 0.6) is 5.75 Å². The zero-order valence-electron chi connectivity index (χ0n) is 13.2. The monoisotopic (exact) mass is 281 g/mol. The molecule has 20 heavy (non-hydrogen) atoms. The van der Waals surface area contributed by atoms with E-state index in [4.69, 9.17) is 19.9 Å². The lowest BCUT2D eigenvalue weighted by atomic mass is 10.0. The first-order valence-corrected chi connectivity index (χ1v) is 6.98. The van der Waals surface area contributed by atoms with E-state index in [1.807, 2.05) is 52.0 Å². The molecule has 2 unspecified atom stereocenters. The van der Waals surface area contributed by atoms with Gasteiger partial charge in [-0.1, -0.05) is 12.1 Å². The Labute approximate surface area is 122 Å². The molecule has 0 aliphatic heterocycles. The molecule has 0 aliphatic rings. The molecule has 0 spiro atoms. The van der Waals surface area contributed by atoms with Gasteiger partial charge in [0.25, 0.3) is 0 Å². The maximum Gasteiger partial charge on any atom is 0.119 e. The van der Waals surface area contributed by atoms with Crippen LogP contribution in [-0.2, 0) is 9.47 Å². The highest BCUT2D eigenvalue weighted by Crippen LogP contribution is 2.24. The summed E-state index contributed by atoms with van der Waals surface area (Å²) >= 11 is 0. The summed E-state index contributed by atoms with van der Waals surface area (Å²) in [6, 6.07) is 7.71. The van der Waals surface area contributed by atoms with Crippen molar-refractivity contribution in [3.8, 4) is 5.75 Å². The van der Waals surface area contributed by atoms with Crippen molar-refractivity contribution < 1.29 is 14.2 Å². The Morgan fingerprint density at radius 3 is 2.45 bits per heavy atom. The Morgan fingerprint density at radius 1 is 1.20 bits per heavy atom. The summed E-state index contributed by atoms with van der Waals surface area (Å²) < 4.78 is 16.8. The van der Waals surface area contributed by atoms with E-state index in [-0.39, 0.29) is 17.7 Å². The minimum Gasteiger partial charge on any atom is -0.497 e. The van der Waals surface area contributed by atoms with Gasteiger partial charge in [-0.3, -0.25) is 0 Å². The molecule has 0 aromatic heterocycles. The smallest absolute Gasteiger partial charge is 0.119 e. The molecular formula is C16H27NO3. The van der Waals surface area contributed by atoms with E-state index in [1.54, 1.807) is 7.11 Å². The predicted molar refractivity (Wildman–Crippen MR) is 81.0 cm³/mol. The van der Waals surface area contributed by atoms with Gasteiger partial charge in [0.2, 0.25) is 0 Å². The van der Waals surface area contributed by atoms with Gasteiger partial charge in [-0.05, 0) is 45.4 Å². The fraction of sp³-hybridized carbons (Fsp3) is 0.625. The van der Waals surface area contributed by atoms with E-state index in [0.717, 1.165) is 11.3 Å². The molecule has 0 heterocycles. The Balaban J connectivity index is 2.60. The molecule has 4 heteroatoms. The minimum atomic E-state index is -0.159. The SMILES string of the molecule is COc1cccc(C(OCCOC(C)(C)C)C(C)N)c1. The van der Waals surface area contributed by atoms with Gasteiger partial charge in [-0.15, -0.1) is 0 Å². The zero-order chi connectivity index (χ0) is 15.2. The summed E-state index contributed by atoms with van der Waals surface area (Å²) in [6.07, 6.45) is -0.159. The van der Waals surface area contributed by atoms with Crippen molar-refractivity contribution in [2.24, 2.45) is 5.73 Å². The molecule has 0 radical (unpaired) electrons. The minimum absolute atomic E-state index is 0.100. The van der Waals surface area contributed by atoms with Gasteiger partial charge >= 0.3 is 0 Å². The normalized spacial score (nSPS) is 14.9. The molecule has 0 saturated carbocycles. The van der Waals surface area contributed by atoms with Crippen molar-refractivity contribution in [3.05, 3.63) is 29.8 Å². The number of methoxy groups -OCH3 is 1. The quantitative estimate of drug-likeness (QED) is 0.781. The molecule has 1 aromatic rings. The van der Waals surface area contributed by atoms with Crippen LogP contribution in [0.3, 0.4) is 0 Å². The van der Waals surface area contributed by atoms with Crippen LogP contribution in [-0.4, -0.2) is 32.0 Å². The maximum atomic E-state index is 6.02. The predicted octanol–water partition coefficient (Wildman–Crippen LogP) is 2.92. The third kappa shape index (κ3) is 5.90. The topological polar surface area (TPSA) is 53.7 Å². The van der Waals surface area contributed by atoms with Gasteiger partial charge in [0, 0.05) is 6.04 Å². The van der Waals surface area contributed by atoms with Crippen molar-refractivity contribution >= 4 is 0 Å². The summed E-state index contributed by atoms with van der Waals surface area (Å²) in [5, 5.41) is 0. The first-order valence-electron chi connectivity index (χ1n) is 6.98. The van der Waals surface area contributed by atoms with Crippen molar-refractivity contribution in [2.45, 2.75) is 45.4 Å². The van der Waals surface area contributed by atoms with E-state index in [2.05, 4.69) is 0 Å². The highest BCUT2D eigenvalue weighted by molar-refractivity contribution is 5.30. The number of rotatable bonds is 7. The van der Waals surface area contributed by atoms with E-state index >= 15 is 0 Å². The average Bonchev–Trinajstić information content (AvgIpc) is 2.37.